The number of aromatic nitrogens is 3. The standard InChI is InChI=1S/C19H16F3N5O3/c20-19(21,22)15-14(26-17(30-15)11-4-2-1-3-5-11)16(29)25-12-8-23-18(24-9-12)27-7-6-13(28)10-27/h1-5,8-9,13,28H,6-7,10H2,(H,25,29). The third-order valence-electron chi connectivity index (χ3n) is 4.46. The normalized spacial score (nSPS) is 16.7. The average molecular weight is 419 g/mol. The van der Waals surface area contributed by atoms with Crippen LogP contribution in [0.25, 0.3) is 11.5 Å². The molecule has 0 spiro atoms. The summed E-state index contributed by atoms with van der Waals surface area (Å²) >= 11 is 0. The van der Waals surface area contributed by atoms with Crippen molar-refractivity contribution in [3.05, 3.63) is 54.2 Å². The lowest BCUT2D eigenvalue weighted by Crippen LogP contribution is -2.23. The van der Waals surface area contributed by atoms with E-state index in [1.807, 2.05) is 0 Å². The van der Waals surface area contributed by atoms with Gasteiger partial charge in [0.1, 0.15) is 0 Å². The van der Waals surface area contributed by atoms with Crippen molar-refractivity contribution in [3.8, 4) is 11.5 Å². The van der Waals surface area contributed by atoms with E-state index in [0.29, 0.717) is 31.0 Å². The van der Waals surface area contributed by atoms with Crippen LogP contribution in [0.1, 0.15) is 22.7 Å². The minimum absolute atomic E-state index is 0.0980. The highest BCUT2D eigenvalue weighted by atomic mass is 19.4. The van der Waals surface area contributed by atoms with Gasteiger partial charge in [0.25, 0.3) is 5.91 Å². The van der Waals surface area contributed by atoms with E-state index in [1.54, 1.807) is 23.1 Å². The molecule has 1 unspecified atom stereocenters. The molecule has 2 N–H and O–H groups in total. The molecule has 0 radical (unpaired) electrons. The van der Waals surface area contributed by atoms with Gasteiger partial charge < -0.3 is 19.7 Å². The zero-order valence-corrected chi connectivity index (χ0v) is 15.4. The Bertz CT molecular complexity index is 1040. The third kappa shape index (κ3) is 4.10. The summed E-state index contributed by atoms with van der Waals surface area (Å²) in [6, 6.07) is 7.97. The maximum Gasteiger partial charge on any atom is 0.452 e. The molecule has 3 aromatic rings. The molecule has 1 aliphatic rings. The Balaban J connectivity index is 1.56. The fraction of sp³-hybridized carbons (Fsp3) is 0.263. The maximum absolute atomic E-state index is 13.4. The summed E-state index contributed by atoms with van der Waals surface area (Å²) in [7, 11) is 0. The lowest BCUT2D eigenvalue weighted by atomic mass is 10.2. The Kier molecular flexibility index (Phi) is 5.12. The molecule has 30 heavy (non-hydrogen) atoms. The van der Waals surface area contributed by atoms with Crippen LogP contribution < -0.4 is 10.2 Å². The summed E-state index contributed by atoms with van der Waals surface area (Å²) in [5, 5.41) is 11.9. The molecule has 8 nitrogen and oxygen atoms in total. The molecule has 2 aromatic heterocycles. The minimum Gasteiger partial charge on any atom is -0.431 e. The summed E-state index contributed by atoms with van der Waals surface area (Å²) in [6.07, 6.45) is -2.21. The lowest BCUT2D eigenvalue weighted by molar-refractivity contribution is -0.153. The fourth-order valence-corrected chi connectivity index (χ4v) is 3.03. The quantitative estimate of drug-likeness (QED) is 0.670. The molecule has 3 heterocycles. The number of β-amino-alcohol motifs (C(OH)–C–C–N with tert-alkyl or cyclic N) is 1. The van der Waals surface area contributed by atoms with Gasteiger partial charge in [-0.25, -0.2) is 15.0 Å². The van der Waals surface area contributed by atoms with Gasteiger partial charge in [-0.05, 0) is 18.6 Å². The smallest absolute Gasteiger partial charge is 0.431 e. The molecule has 0 saturated carbocycles. The molecule has 1 saturated heterocycles. The molecule has 1 fully saturated rings. The zero-order chi connectivity index (χ0) is 21.3. The van der Waals surface area contributed by atoms with Gasteiger partial charge >= 0.3 is 6.18 Å². The zero-order valence-electron chi connectivity index (χ0n) is 15.4. The van der Waals surface area contributed by atoms with Crippen molar-refractivity contribution in [2.45, 2.75) is 18.7 Å². The Morgan fingerprint density at radius 3 is 2.50 bits per heavy atom. The molecule has 11 heteroatoms. The van der Waals surface area contributed by atoms with Crippen molar-refractivity contribution in [2.75, 3.05) is 23.3 Å². The number of carbonyl (C=O) groups excluding carboxylic acids is 1. The highest BCUT2D eigenvalue weighted by molar-refractivity contribution is 6.03. The number of carbonyl (C=O) groups is 1. The van der Waals surface area contributed by atoms with E-state index in [0.717, 1.165) is 0 Å². The number of amides is 1. The number of benzene rings is 1. The Morgan fingerprint density at radius 1 is 1.20 bits per heavy atom. The van der Waals surface area contributed by atoms with Crippen molar-refractivity contribution >= 4 is 17.5 Å². The number of nitrogens with zero attached hydrogens (tertiary/aromatic N) is 4. The first kappa shape index (κ1) is 19.8. The van der Waals surface area contributed by atoms with Gasteiger partial charge in [-0.2, -0.15) is 13.2 Å². The van der Waals surface area contributed by atoms with Crippen LogP contribution in [-0.4, -0.2) is 45.2 Å². The molecule has 0 bridgehead atoms. The van der Waals surface area contributed by atoms with Crippen molar-refractivity contribution in [1.29, 1.82) is 0 Å². The molecular weight excluding hydrogens is 403 g/mol. The van der Waals surface area contributed by atoms with Crippen LogP contribution in [0, 0.1) is 0 Å². The molecule has 156 valence electrons. The van der Waals surface area contributed by atoms with Gasteiger partial charge in [-0.3, -0.25) is 4.79 Å². The summed E-state index contributed by atoms with van der Waals surface area (Å²) in [6.45, 7) is 0.977. The predicted molar refractivity (Wildman–Crippen MR) is 99.8 cm³/mol. The second-order valence-corrected chi connectivity index (χ2v) is 6.67. The number of hydrogen-bond acceptors (Lipinski definition) is 7. The van der Waals surface area contributed by atoms with Crippen LogP contribution in [0.3, 0.4) is 0 Å². The van der Waals surface area contributed by atoms with Crippen molar-refractivity contribution in [3.63, 3.8) is 0 Å². The van der Waals surface area contributed by atoms with E-state index in [-0.39, 0.29) is 11.6 Å². The van der Waals surface area contributed by atoms with Gasteiger partial charge in [0.05, 0.1) is 24.2 Å². The number of rotatable bonds is 4. The van der Waals surface area contributed by atoms with Crippen LogP contribution in [0.4, 0.5) is 24.8 Å². The van der Waals surface area contributed by atoms with E-state index in [1.165, 1.54) is 24.5 Å². The first-order valence-corrected chi connectivity index (χ1v) is 9.01. The van der Waals surface area contributed by atoms with Crippen LogP contribution in [0.2, 0.25) is 0 Å². The van der Waals surface area contributed by atoms with Crippen LogP contribution in [-0.2, 0) is 6.18 Å². The van der Waals surface area contributed by atoms with Gasteiger partial charge in [-0.15, -0.1) is 0 Å². The van der Waals surface area contributed by atoms with Crippen molar-refractivity contribution in [1.82, 2.24) is 15.0 Å². The summed E-state index contributed by atoms with van der Waals surface area (Å²) in [5.74, 6) is -2.54. The molecule has 1 amide bonds. The number of oxazole rings is 1. The van der Waals surface area contributed by atoms with Gasteiger partial charge in [0.15, 0.2) is 5.69 Å². The second kappa shape index (κ2) is 7.75. The van der Waals surface area contributed by atoms with Gasteiger partial charge in [0, 0.05) is 18.7 Å². The summed E-state index contributed by atoms with van der Waals surface area (Å²) < 4.78 is 45.0. The monoisotopic (exact) mass is 419 g/mol. The third-order valence-corrected chi connectivity index (χ3v) is 4.46. The van der Waals surface area contributed by atoms with E-state index in [4.69, 9.17) is 4.42 Å². The number of anilines is 2. The number of hydrogen-bond donors (Lipinski definition) is 2. The fourth-order valence-electron chi connectivity index (χ4n) is 3.03. The lowest BCUT2D eigenvalue weighted by Gasteiger charge is -2.15. The summed E-state index contributed by atoms with van der Waals surface area (Å²) in [5.41, 5.74) is -0.475. The number of aliphatic hydroxyl groups is 1. The number of alkyl halides is 3. The van der Waals surface area contributed by atoms with Crippen LogP contribution in [0.15, 0.2) is 47.1 Å². The molecule has 1 aliphatic heterocycles. The second-order valence-electron chi connectivity index (χ2n) is 6.67. The average Bonchev–Trinajstić information content (AvgIpc) is 3.36. The highest BCUT2D eigenvalue weighted by Crippen LogP contribution is 2.35. The molecule has 4 rings (SSSR count). The summed E-state index contributed by atoms with van der Waals surface area (Å²) in [4.78, 5) is 26.2. The maximum atomic E-state index is 13.4. The SMILES string of the molecule is O=C(Nc1cnc(N2CCC(O)C2)nc1)c1nc(-c2ccccc2)oc1C(F)(F)F. The predicted octanol–water partition coefficient (Wildman–Crippen LogP) is 2.97. The molecule has 1 aromatic carbocycles. The Morgan fingerprint density at radius 2 is 1.90 bits per heavy atom. The topological polar surface area (TPSA) is 104 Å². The largest absolute Gasteiger partial charge is 0.452 e. The van der Waals surface area contributed by atoms with Gasteiger partial charge in [-0.1, -0.05) is 18.2 Å². The minimum atomic E-state index is -4.90. The van der Waals surface area contributed by atoms with Crippen LogP contribution in [0.5, 0.6) is 0 Å². The van der Waals surface area contributed by atoms with E-state index in [2.05, 4.69) is 20.3 Å². The van der Waals surface area contributed by atoms with E-state index < -0.39 is 29.6 Å². The van der Waals surface area contributed by atoms with Gasteiger partial charge in [0.2, 0.25) is 17.6 Å². The Hall–Kier alpha value is -3.47. The van der Waals surface area contributed by atoms with E-state index in [9.17, 15) is 23.1 Å². The van der Waals surface area contributed by atoms with Crippen molar-refractivity contribution in [2.24, 2.45) is 0 Å². The highest BCUT2D eigenvalue weighted by Gasteiger charge is 2.42. The van der Waals surface area contributed by atoms with E-state index >= 15 is 0 Å². The number of aliphatic hydroxyl groups excluding tert-OH is 1. The number of halogens is 3. The Labute approximate surface area is 168 Å². The van der Waals surface area contributed by atoms with Crippen molar-refractivity contribution < 1.29 is 27.5 Å². The molecule has 0 aliphatic carbocycles. The van der Waals surface area contributed by atoms with Crippen LogP contribution >= 0.6 is 0 Å². The molecular formula is C19H16F3N5O3. The number of nitrogens with one attached hydrogen (secondary N) is 1. The molecule has 1 atom stereocenters. The first-order valence-electron chi connectivity index (χ1n) is 9.01. The first-order chi connectivity index (χ1) is 14.3.